The first-order valence-electron chi connectivity index (χ1n) is 11.2. The summed E-state index contributed by atoms with van der Waals surface area (Å²) in [6, 6.07) is 0. The molecule has 2 aliphatic rings. The van der Waals surface area contributed by atoms with Crippen molar-refractivity contribution in [3.05, 3.63) is 0 Å². The fraction of sp³-hybridized carbons (Fsp3) is 1.00. The van der Waals surface area contributed by atoms with E-state index in [1.165, 1.54) is 51.4 Å². The zero-order valence-electron chi connectivity index (χ0n) is 17.1. The Labute approximate surface area is 154 Å². The number of methoxy groups -OCH3 is 1. The average molecular weight is 353 g/mol. The fourth-order valence-electron chi connectivity index (χ4n) is 5.53. The van der Waals surface area contributed by atoms with Gasteiger partial charge in [-0.25, -0.2) is 0 Å². The molecule has 2 saturated carbocycles. The normalized spacial score (nSPS) is 34.5. The van der Waals surface area contributed by atoms with Gasteiger partial charge in [-0.1, -0.05) is 83.7 Å². The molecule has 0 aromatic rings. The van der Waals surface area contributed by atoms with Crippen LogP contribution in [0.25, 0.3) is 0 Å². The molecule has 2 rings (SSSR count). The molecule has 0 saturated heterocycles. The lowest BCUT2D eigenvalue weighted by Crippen LogP contribution is -2.27. The van der Waals surface area contributed by atoms with Gasteiger partial charge in [0.1, 0.15) is 0 Å². The zero-order valence-corrected chi connectivity index (χ0v) is 18.5. The molecule has 0 heterocycles. The molecule has 0 aliphatic heterocycles. The van der Waals surface area contributed by atoms with E-state index in [9.17, 15) is 0 Å². The molecule has 0 bridgehead atoms. The number of ether oxygens (including phenoxy) is 1. The maximum Gasteiger partial charge on any atom is 0.0599 e. The Bertz CT molecular complexity index is 316. The summed E-state index contributed by atoms with van der Waals surface area (Å²) in [4.78, 5) is 0. The predicted octanol–water partition coefficient (Wildman–Crippen LogP) is 6.22. The van der Waals surface area contributed by atoms with Crippen LogP contribution in [0.5, 0.6) is 0 Å². The second-order valence-electron chi connectivity index (χ2n) is 9.09. The molecule has 0 amide bonds. The quantitative estimate of drug-likeness (QED) is 0.448. The Morgan fingerprint density at radius 2 is 1.38 bits per heavy atom. The molecule has 0 spiro atoms. The van der Waals surface area contributed by atoms with E-state index in [2.05, 4.69) is 20.4 Å². The summed E-state index contributed by atoms with van der Waals surface area (Å²) in [7, 11) is 2.14. The third-order valence-electron chi connectivity index (χ3n) is 7.62. The molecule has 142 valence electrons. The third-order valence-corrected chi connectivity index (χ3v) is 9.57. The van der Waals surface area contributed by atoms with E-state index < -0.39 is 0 Å². The first kappa shape index (κ1) is 20.5. The van der Waals surface area contributed by atoms with Crippen molar-refractivity contribution in [2.45, 2.75) is 109 Å². The van der Waals surface area contributed by atoms with Gasteiger partial charge in [-0.15, -0.1) is 0 Å². The topological polar surface area (TPSA) is 9.23 Å². The Kier molecular flexibility index (Phi) is 9.40. The summed E-state index contributed by atoms with van der Waals surface area (Å²) in [5.74, 6) is 4.04. The lowest BCUT2D eigenvalue weighted by molar-refractivity contribution is 0.0221. The first-order valence-corrected chi connectivity index (χ1v) is 13.4. The van der Waals surface area contributed by atoms with Gasteiger partial charge in [0.2, 0.25) is 0 Å². The number of hydrogen-bond donors (Lipinski definition) is 0. The van der Waals surface area contributed by atoms with Crippen LogP contribution in [0.15, 0.2) is 0 Å². The monoisotopic (exact) mass is 352 g/mol. The van der Waals surface area contributed by atoms with E-state index >= 15 is 0 Å². The molecule has 0 radical (unpaired) electrons. The van der Waals surface area contributed by atoms with E-state index in [1.807, 2.05) is 7.11 Å². The van der Waals surface area contributed by atoms with Crippen molar-refractivity contribution in [1.29, 1.82) is 0 Å². The Hall–Kier alpha value is 0.177. The van der Waals surface area contributed by atoms with E-state index in [1.54, 1.807) is 25.7 Å². The summed E-state index contributed by atoms with van der Waals surface area (Å²) >= 11 is 0. The first-order chi connectivity index (χ1) is 11.7. The van der Waals surface area contributed by atoms with Gasteiger partial charge in [-0.2, -0.15) is 0 Å². The van der Waals surface area contributed by atoms with Crippen LogP contribution in [0.1, 0.15) is 90.9 Å². The maximum absolute atomic E-state index is 5.76. The molecular formula is C22H44OSi. The second-order valence-corrected chi connectivity index (χ2v) is 11.2. The van der Waals surface area contributed by atoms with Crippen molar-refractivity contribution in [1.82, 2.24) is 0 Å². The highest BCUT2D eigenvalue weighted by Gasteiger charge is 2.28. The summed E-state index contributed by atoms with van der Waals surface area (Å²) in [5.41, 5.74) is 1.10. The molecule has 2 unspecified atom stereocenters. The van der Waals surface area contributed by atoms with Crippen molar-refractivity contribution in [3.8, 4) is 0 Å². The molecule has 0 N–H and O–H groups in total. The van der Waals surface area contributed by atoms with Crippen LogP contribution in [0.3, 0.4) is 0 Å². The van der Waals surface area contributed by atoms with Gasteiger partial charge in [0.25, 0.3) is 0 Å². The average Bonchev–Trinajstić information content (AvgIpc) is 2.64. The summed E-state index contributed by atoms with van der Waals surface area (Å²) in [6.45, 7) is 7.32. The molecule has 0 aromatic carbocycles. The largest absolute Gasteiger partial charge is 0.381 e. The van der Waals surface area contributed by atoms with Gasteiger partial charge >= 0.3 is 0 Å². The van der Waals surface area contributed by atoms with Crippen molar-refractivity contribution in [2.75, 3.05) is 7.11 Å². The predicted molar refractivity (Wildman–Crippen MR) is 110 cm³/mol. The van der Waals surface area contributed by atoms with Crippen LogP contribution >= 0.6 is 0 Å². The molecule has 2 heteroatoms. The van der Waals surface area contributed by atoms with E-state index in [0.29, 0.717) is 6.10 Å². The lowest BCUT2D eigenvalue weighted by Gasteiger charge is -2.35. The van der Waals surface area contributed by atoms with Crippen LogP contribution in [0.4, 0.5) is 0 Å². The van der Waals surface area contributed by atoms with Crippen molar-refractivity contribution < 1.29 is 4.74 Å². The van der Waals surface area contributed by atoms with Gasteiger partial charge in [-0.3, -0.25) is 0 Å². The number of hydrogen-bond acceptors (Lipinski definition) is 1. The SMILES string of the molecule is CCCC(OC)C1CCC(CCC2CCC(C(C)[SiH2]C)CC2)CC1. The zero-order chi connectivity index (χ0) is 17.4. The van der Waals surface area contributed by atoms with Gasteiger partial charge in [0.15, 0.2) is 0 Å². The molecule has 24 heavy (non-hydrogen) atoms. The molecule has 2 atom stereocenters. The Morgan fingerprint density at radius 3 is 1.79 bits per heavy atom. The highest BCUT2D eigenvalue weighted by atomic mass is 28.2. The van der Waals surface area contributed by atoms with Crippen LogP contribution in [-0.4, -0.2) is 22.7 Å². The van der Waals surface area contributed by atoms with E-state index in [4.69, 9.17) is 4.74 Å². The minimum absolute atomic E-state index is 0.221. The third kappa shape index (κ3) is 6.16. The van der Waals surface area contributed by atoms with E-state index in [-0.39, 0.29) is 9.52 Å². The van der Waals surface area contributed by atoms with Gasteiger partial charge < -0.3 is 4.74 Å². The summed E-state index contributed by atoms with van der Waals surface area (Å²) in [6.07, 6.45) is 18.1. The molecular weight excluding hydrogens is 308 g/mol. The minimum Gasteiger partial charge on any atom is -0.381 e. The molecule has 0 aromatic heterocycles. The fourth-order valence-corrected chi connectivity index (χ4v) is 6.67. The molecule has 2 fully saturated rings. The van der Waals surface area contributed by atoms with Gasteiger partial charge in [-0.05, 0) is 42.9 Å². The summed E-state index contributed by atoms with van der Waals surface area (Å²) < 4.78 is 5.76. The highest BCUT2D eigenvalue weighted by Crippen LogP contribution is 2.40. The molecule has 1 nitrogen and oxygen atoms in total. The van der Waals surface area contributed by atoms with Crippen molar-refractivity contribution in [2.24, 2.45) is 23.7 Å². The van der Waals surface area contributed by atoms with Crippen LogP contribution in [0, 0.1) is 23.7 Å². The standard InChI is InChI=1S/C22H44OSi/c1-5-6-22(23-3)21-15-11-19(12-16-21)8-7-18-9-13-20(14-10-18)17(2)24-4/h17-22H,5-16,24H2,1-4H3. The summed E-state index contributed by atoms with van der Waals surface area (Å²) in [5, 5.41) is 0. The van der Waals surface area contributed by atoms with Crippen LogP contribution in [0.2, 0.25) is 12.1 Å². The van der Waals surface area contributed by atoms with E-state index in [0.717, 1.165) is 29.2 Å². The van der Waals surface area contributed by atoms with Crippen molar-refractivity contribution in [3.63, 3.8) is 0 Å². The Morgan fingerprint density at radius 1 is 0.875 bits per heavy atom. The smallest absolute Gasteiger partial charge is 0.0599 e. The maximum atomic E-state index is 5.76. The Balaban J connectivity index is 1.61. The number of rotatable bonds is 9. The molecule has 2 aliphatic carbocycles. The second kappa shape index (κ2) is 11.0. The van der Waals surface area contributed by atoms with Crippen molar-refractivity contribution >= 4 is 9.52 Å². The van der Waals surface area contributed by atoms with Gasteiger partial charge in [0, 0.05) is 16.6 Å². The van der Waals surface area contributed by atoms with Gasteiger partial charge in [0.05, 0.1) is 6.10 Å². The minimum atomic E-state index is 0.221. The van der Waals surface area contributed by atoms with Crippen LogP contribution in [-0.2, 0) is 4.74 Å². The van der Waals surface area contributed by atoms with Crippen LogP contribution < -0.4 is 0 Å². The highest BCUT2D eigenvalue weighted by molar-refractivity contribution is 6.35. The lowest BCUT2D eigenvalue weighted by atomic mass is 9.74.